The third kappa shape index (κ3) is 2.35. The SMILES string of the molecule is COC(=O)c1ccc(N2C(=O)C3C4CC(c5ccccc5)C(C4)C3C2=O)cc1. The average molecular weight is 375 g/mol. The van der Waals surface area contributed by atoms with Crippen LogP contribution in [0.4, 0.5) is 5.69 Å². The van der Waals surface area contributed by atoms with Crippen LogP contribution in [0.3, 0.4) is 0 Å². The molecule has 2 amide bonds. The summed E-state index contributed by atoms with van der Waals surface area (Å²) in [5.74, 6) is -0.176. The summed E-state index contributed by atoms with van der Waals surface area (Å²) in [6, 6.07) is 16.8. The molecule has 0 N–H and O–H groups in total. The van der Waals surface area contributed by atoms with Crippen molar-refractivity contribution in [2.24, 2.45) is 23.7 Å². The van der Waals surface area contributed by atoms with E-state index in [0.29, 0.717) is 17.2 Å². The first kappa shape index (κ1) is 17.2. The molecule has 2 aromatic carbocycles. The van der Waals surface area contributed by atoms with Gasteiger partial charge in [-0.15, -0.1) is 0 Å². The molecular weight excluding hydrogens is 354 g/mol. The molecule has 2 aromatic rings. The maximum atomic E-state index is 13.3. The molecule has 28 heavy (non-hydrogen) atoms. The summed E-state index contributed by atoms with van der Waals surface area (Å²) >= 11 is 0. The smallest absolute Gasteiger partial charge is 0.337 e. The molecule has 5 rings (SSSR count). The van der Waals surface area contributed by atoms with Crippen LogP contribution in [-0.2, 0) is 14.3 Å². The van der Waals surface area contributed by atoms with E-state index in [9.17, 15) is 14.4 Å². The second kappa shape index (κ2) is 6.30. The lowest BCUT2D eigenvalue weighted by molar-refractivity contribution is -0.123. The number of esters is 1. The van der Waals surface area contributed by atoms with Gasteiger partial charge in [-0.25, -0.2) is 4.79 Å². The van der Waals surface area contributed by atoms with E-state index in [2.05, 4.69) is 12.1 Å². The Morgan fingerprint density at radius 2 is 1.61 bits per heavy atom. The Morgan fingerprint density at radius 3 is 2.29 bits per heavy atom. The first-order valence-electron chi connectivity index (χ1n) is 9.71. The zero-order valence-corrected chi connectivity index (χ0v) is 15.6. The summed E-state index contributed by atoms with van der Waals surface area (Å²) in [6.45, 7) is 0. The van der Waals surface area contributed by atoms with Crippen molar-refractivity contribution in [1.29, 1.82) is 0 Å². The summed E-state index contributed by atoms with van der Waals surface area (Å²) in [5.41, 5.74) is 2.21. The number of amides is 2. The number of rotatable bonds is 3. The van der Waals surface area contributed by atoms with Crippen LogP contribution in [0, 0.1) is 23.7 Å². The molecule has 1 saturated heterocycles. The fourth-order valence-electron chi connectivity index (χ4n) is 5.66. The van der Waals surface area contributed by atoms with E-state index in [1.54, 1.807) is 24.3 Å². The van der Waals surface area contributed by atoms with E-state index >= 15 is 0 Å². The van der Waals surface area contributed by atoms with Crippen molar-refractivity contribution in [1.82, 2.24) is 0 Å². The Bertz CT molecular complexity index is 952. The highest BCUT2D eigenvalue weighted by Crippen LogP contribution is 2.61. The molecule has 2 saturated carbocycles. The molecule has 0 radical (unpaired) electrons. The quantitative estimate of drug-likeness (QED) is 0.609. The maximum Gasteiger partial charge on any atom is 0.337 e. The highest BCUT2D eigenvalue weighted by molar-refractivity contribution is 6.22. The fourth-order valence-corrected chi connectivity index (χ4v) is 5.66. The Balaban J connectivity index is 1.44. The van der Waals surface area contributed by atoms with Crippen molar-refractivity contribution in [3.63, 3.8) is 0 Å². The molecule has 3 fully saturated rings. The number of anilines is 1. The van der Waals surface area contributed by atoms with Gasteiger partial charge in [-0.05, 0) is 60.4 Å². The molecule has 5 heteroatoms. The van der Waals surface area contributed by atoms with E-state index in [0.717, 1.165) is 12.8 Å². The van der Waals surface area contributed by atoms with Crippen LogP contribution in [0.1, 0.15) is 34.7 Å². The van der Waals surface area contributed by atoms with Crippen LogP contribution in [-0.4, -0.2) is 24.9 Å². The van der Waals surface area contributed by atoms with Crippen LogP contribution in [0.5, 0.6) is 0 Å². The number of nitrogens with zero attached hydrogens (tertiary/aromatic N) is 1. The first-order valence-corrected chi connectivity index (χ1v) is 9.71. The molecule has 5 nitrogen and oxygen atoms in total. The lowest BCUT2D eigenvalue weighted by Crippen LogP contribution is -2.33. The van der Waals surface area contributed by atoms with Gasteiger partial charge in [0, 0.05) is 0 Å². The normalized spacial score (nSPS) is 30.6. The monoisotopic (exact) mass is 375 g/mol. The summed E-state index contributed by atoms with van der Waals surface area (Å²) in [6.07, 6.45) is 1.94. The van der Waals surface area contributed by atoms with Gasteiger partial charge in [0.25, 0.3) is 0 Å². The largest absolute Gasteiger partial charge is 0.465 e. The first-order chi connectivity index (χ1) is 13.6. The van der Waals surface area contributed by atoms with Crippen LogP contribution in [0.25, 0.3) is 0 Å². The van der Waals surface area contributed by atoms with Gasteiger partial charge >= 0.3 is 5.97 Å². The van der Waals surface area contributed by atoms with Crippen molar-refractivity contribution >= 4 is 23.5 Å². The number of fused-ring (bicyclic) bond motifs is 5. The minimum absolute atomic E-state index is 0.0835. The molecule has 2 aliphatic carbocycles. The molecule has 142 valence electrons. The van der Waals surface area contributed by atoms with Crippen molar-refractivity contribution < 1.29 is 19.1 Å². The predicted octanol–water partition coefficient (Wildman–Crippen LogP) is 3.40. The lowest BCUT2D eigenvalue weighted by atomic mass is 9.73. The average Bonchev–Trinajstić information content (AvgIpc) is 3.40. The number of hydrogen-bond acceptors (Lipinski definition) is 4. The van der Waals surface area contributed by atoms with Crippen LogP contribution >= 0.6 is 0 Å². The summed E-state index contributed by atoms with van der Waals surface area (Å²) in [7, 11) is 1.32. The number of benzene rings is 2. The van der Waals surface area contributed by atoms with E-state index < -0.39 is 5.97 Å². The Labute approximate surface area is 163 Å². The van der Waals surface area contributed by atoms with Crippen LogP contribution < -0.4 is 4.90 Å². The van der Waals surface area contributed by atoms with Gasteiger partial charge in [0.05, 0.1) is 30.2 Å². The molecule has 1 aliphatic heterocycles. The summed E-state index contributed by atoms with van der Waals surface area (Å²) in [5, 5.41) is 0. The van der Waals surface area contributed by atoms with Crippen molar-refractivity contribution in [3.05, 3.63) is 65.7 Å². The molecule has 5 atom stereocenters. The number of carbonyl (C=O) groups excluding carboxylic acids is 3. The van der Waals surface area contributed by atoms with Crippen LogP contribution in [0.2, 0.25) is 0 Å². The van der Waals surface area contributed by atoms with Gasteiger partial charge in [-0.2, -0.15) is 0 Å². The minimum atomic E-state index is -0.439. The zero-order chi connectivity index (χ0) is 19.4. The third-order valence-electron chi connectivity index (χ3n) is 6.79. The molecule has 0 spiro atoms. The van der Waals surface area contributed by atoms with Gasteiger partial charge < -0.3 is 4.74 Å². The second-order valence-corrected chi connectivity index (χ2v) is 8.01. The van der Waals surface area contributed by atoms with Crippen molar-refractivity contribution in [2.45, 2.75) is 18.8 Å². The predicted molar refractivity (Wildman–Crippen MR) is 103 cm³/mol. The number of ether oxygens (including phenoxy) is 1. The van der Waals surface area contributed by atoms with Gasteiger partial charge in [-0.1, -0.05) is 30.3 Å². The third-order valence-corrected chi connectivity index (χ3v) is 6.79. The number of hydrogen-bond donors (Lipinski definition) is 0. The number of carbonyl (C=O) groups is 3. The van der Waals surface area contributed by atoms with Crippen molar-refractivity contribution in [3.8, 4) is 0 Å². The molecule has 2 bridgehead atoms. The minimum Gasteiger partial charge on any atom is -0.465 e. The van der Waals surface area contributed by atoms with Gasteiger partial charge in [0.1, 0.15) is 0 Å². The van der Waals surface area contributed by atoms with Gasteiger partial charge in [-0.3, -0.25) is 14.5 Å². The van der Waals surface area contributed by atoms with E-state index in [1.165, 1.54) is 17.6 Å². The van der Waals surface area contributed by atoms with E-state index in [1.807, 2.05) is 18.2 Å². The second-order valence-electron chi connectivity index (χ2n) is 8.01. The lowest BCUT2D eigenvalue weighted by Gasteiger charge is -2.28. The molecular formula is C23H21NO4. The molecule has 5 unspecified atom stereocenters. The fraction of sp³-hybridized carbons (Fsp3) is 0.348. The number of imide groups is 1. The highest BCUT2D eigenvalue weighted by Gasteiger charge is 2.64. The van der Waals surface area contributed by atoms with Gasteiger partial charge in [0.15, 0.2) is 0 Å². The molecule has 1 heterocycles. The van der Waals surface area contributed by atoms with Gasteiger partial charge in [0.2, 0.25) is 11.8 Å². The zero-order valence-electron chi connectivity index (χ0n) is 15.6. The summed E-state index contributed by atoms with van der Waals surface area (Å²) < 4.78 is 4.71. The summed E-state index contributed by atoms with van der Waals surface area (Å²) in [4.78, 5) is 39.3. The Morgan fingerprint density at radius 1 is 0.929 bits per heavy atom. The highest BCUT2D eigenvalue weighted by atomic mass is 16.5. The standard InChI is InChI=1S/C23H21NO4/c1-28-23(27)14-7-9-16(10-8-14)24-21(25)19-15-11-17(13-5-3-2-4-6-13)18(12-15)20(19)22(24)26/h2-10,15,17-20H,11-12H2,1H3. The molecule has 3 aliphatic rings. The maximum absolute atomic E-state index is 13.3. The van der Waals surface area contributed by atoms with E-state index in [4.69, 9.17) is 4.74 Å². The molecule has 0 aromatic heterocycles. The van der Waals surface area contributed by atoms with Crippen LogP contribution in [0.15, 0.2) is 54.6 Å². The van der Waals surface area contributed by atoms with Crippen molar-refractivity contribution in [2.75, 3.05) is 12.0 Å². The van der Waals surface area contributed by atoms with E-state index in [-0.39, 0.29) is 35.5 Å². The number of methoxy groups -OCH3 is 1. The Hall–Kier alpha value is -2.95. The topological polar surface area (TPSA) is 63.7 Å². The Kier molecular flexibility index (Phi) is 3.86.